The maximum Gasteiger partial charge on any atom is 0.244 e. The highest BCUT2D eigenvalue weighted by molar-refractivity contribution is 7.92. The number of halogens is 2. The Bertz CT molecular complexity index is 1450. The van der Waals surface area contributed by atoms with Crippen LogP contribution in [0.1, 0.15) is 35.6 Å². The van der Waals surface area contributed by atoms with Gasteiger partial charge in [-0.05, 0) is 66.8 Å². The van der Waals surface area contributed by atoms with Crippen LogP contribution >= 0.6 is 23.2 Å². The molecule has 0 unspecified atom stereocenters. The van der Waals surface area contributed by atoms with Crippen molar-refractivity contribution in [1.82, 2.24) is 10.2 Å². The van der Waals surface area contributed by atoms with Gasteiger partial charge in [0.15, 0.2) is 0 Å². The fraction of sp³-hybridized carbons (Fsp3) is 0.333. The van der Waals surface area contributed by atoms with Crippen molar-refractivity contribution in [2.24, 2.45) is 0 Å². The Morgan fingerprint density at radius 3 is 2.25 bits per heavy atom. The van der Waals surface area contributed by atoms with Crippen LogP contribution in [0.3, 0.4) is 0 Å². The van der Waals surface area contributed by atoms with E-state index in [0.717, 1.165) is 33.7 Å². The van der Waals surface area contributed by atoms with Crippen molar-refractivity contribution < 1.29 is 18.0 Å². The number of rotatable bonds is 12. The molecule has 0 aliphatic carbocycles. The molecule has 7 nitrogen and oxygen atoms in total. The summed E-state index contributed by atoms with van der Waals surface area (Å²) in [6.45, 7) is 5.68. The fourth-order valence-corrected chi connectivity index (χ4v) is 5.56. The van der Waals surface area contributed by atoms with Crippen molar-refractivity contribution in [3.8, 4) is 0 Å². The van der Waals surface area contributed by atoms with E-state index in [-0.39, 0.29) is 18.9 Å². The van der Waals surface area contributed by atoms with E-state index in [4.69, 9.17) is 23.2 Å². The van der Waals surface area contributed by atoms with Gasteiger partial charge in [0.1, 0.15) is 12.6 Å². The molecule has 0 fully saturated rings. The Kier molecular flexibility index (Phi) is 11.0. The summed E-state index contributed by atoms with van der Waals surface area (Å²) in [6, 6.07) is 18.6. The Balaban J connectivity index is 2.08. The maximum absolute atomic E-state index is 14.1. The second-order valence-corrected chi connectivity index (χ2v) is 12.5. The van der Waals surface area contributed by atoms with Gasteiger partial charge in [0.25, 0.3) is 0 Å². The van der Waals surface area contributed by atoms with Crippen molar-refractivity contribution >= 4 is 50.7 Å². The molecule has 0 radical (unpaired) electrons. The van der Waals surface area contributed by atoms with Gasteiger partial charge in [-0.25, -0.2) is 8.42 Å². The average Bonchev–Trinajstić information content (AvgIpc) is 2.90. The van der Waals surface area contributed by atoms with Gasteiger partial charge in [0.05, 0.1) is 11.9 Å². The number of benzene rings is 3. The largest absolute Gasteiger partial charge is 0.354 e. The van der Waals surface area contributed by atoms with Crippen LogP contribution in [0.15, 0.2) is 66.7 Å². The zero-order chi connectivity index (χ0) is 29.4. The van der Waals surface area contributed by atoms with Crippen molar-refractivity contribution in [1.29, 1.82) is 0 Å². The van der Waals surface area contributed by atoms with Crippen LogP contribution < -0.4 is 9.62 Å². The van der Waals surface area contributed by atoms with Gasteiger partial charge in [-0.2, -0.15) is 0 Å². The number of hydrogen-bond donors (Lipinski definition) is 1. The first-order chi connectivity index (χ1) is 18.9. The van der Waals surface area contributed by atoms with Crippen LogP contribution in [0.2, 0.25) is 10.0 Å². The summed E-state index contributed by atoms with van der Waals surface area (Å²) in [5, 5.41) is 3.68. The lowest BCUT2D eigenvalue weighted by molar-refractivity contribution is -0.140. The third-order valence-electron chi connectivity index (χ3n) is 6.63. The number of carbonyl (C=O) groups excluding carboxylic acids is 2. The average molecular weight is 605 g/mol. The van der Waals surface area contributed by atoms with Crippen molar-refractivity contribution in [2.75, 3.05) is 23.7 Å². The van der Waals surface area contributed by atoms with Gasteiger partial charge in [-0.15, -0.1) is 0 Å². The molecule has 10 heteroatoms. The Labute approximate surface area is 247 Å². The molecular weight excluding hydrogens is 569 g/mol. The number of aryl methyl sites for hydroxylation is 2. The number of sulfonamides is 1. The molecule has 0 aliphatic rings. The van der Waals surface area contributed by atoms with Crippen molar-refractivity contribution in [3.63, 3.8) is 0 Å². The summed E-state index contributed by atoms with van der Waals surface area (Å²) in [6.07, 6.45) is 2.01. The molecule has 0 spiro atoms. The molecule has 3 aromatic rings. The van der Waals surface area contributed by atoms with Crippen LogP contribution in [-0.2, 0) is 32.6 Å². The van der Waals surface area contributed by atoms with E-state index in [0.29, 0.717) is 27.8 Å². The molecular formula is C30H35Cl2N3O4S. The molecule has 1 atom stereocenters. The number of anilines is 1. The molecule has 0 bridgehead atoms. The molecule has 0 aliphatic heterocycles. The molecule has 0 saturated heterocycles. The minimum atomic E-state index is -3.84. The van der Waals surface area contributed by atoms with Crippen LogP contribution in [0.25, 0.3) is 0 Å². The van der Waals surface area contributed by atoms with Crippen molar-refractivity contribution in [3.05, 3.63) is 99.0 Å². The molecule has 214 valence electrons. The molecule has 3 aromatic carbocycles. The lowest BCUT2D eigenvalue weighted by Gasteiger charge is -2.33. The zero-order valence-corrected chi connectivity index (χ0v) is 25.5. The summed E-state index contributed by atoms with van der Waals surface area (Å²) in [4.78, 5) is 29.0. The van der Waals surface area contributed by atoms with Crippen molar-refractivity contribution in [2.45, 2.75) is 46.2 Å². The van der Waals surface area contributed by atoms with Crippen LogP contribution in [0, 0.1) is 13.8 Å². The van der Waals surface area contributed by atoms with Gasteiger partial charge < -0.3 is 10.2 Å². The predicted octanol–water partition coefficient (Wildman–Crippen LogP) is 5.54. The quantitative estimate of drug-likeness (QED) is 0.294. The van der Waals surface area contributed by atoms with Gasteiger partial charge in [0, 0.05) is 29.6 Å². The van der Waals surface area contributed by atoms with E-state index in [1.165, 1.54) is 4.90 Å². The summed E-state index contributed by atoms with van der Waals surface area (Å²) < 4.78 is 26.9. The molecule has 0 aromatic heterocycles. The molecule has 40 heavy (non-hydrogen) atoms. The van der Waals surface area contributed by atoms with E-state index in [1.54, 1.807) is 30.3 Å². The Morgan fingerprint density at radius 1 is 0.950 bits per heavy atom. The highest BCUT2D eigenvalue weighted by Gasteiger charge is 2.33. The van der Waals surface area contributed by atoms with E-state index in [9.17, 15) is 18.0 Å². The van der Waals surface area contributed by atoms with Crippen LogP contribution in [-0.4, -0.2) is 50.5 Å². The smallest absolute Gasteiger partial charge is 0.244 e. The molecule has 0 saturated carbocycles. The highest BCUT2D eigenvalue weighted by atomic mass is 35.5. The minimum Gasteiger partial charge on any atom is -0.354 e. The SMILES string of the molecule is CCCNC(=O)[C@H](Cc1ccccc1)N(Cc1ccc(Cl)cc1Cl)C(=O)CN(c1ccc(C)c(C)c1)S(C)(=O)=O. The predicted molar refractivity (Wildman–Crippen MR) is 162 cm³/mol. The van der Waals surface area contributed by atoms with E-state index >= 15 is 0 Å². The second kappa shape index (κ2) is 14.0. The second-order valence-electron chi connectivity index (χ2n) is 9.79. The number of amides is 2. The van der Waals surface area contributed by atoms with Crippen LogP contribution in [0.4, 0.5) is 5.69 Å². The summed E-state index contributed by atoms with van der Waals surface area (Å²) >= 11 is 12.6. The topological polar surface area (TPSA) is 86.8 Å². The molecule has 2 amide bonds. The van der Waals surface area contributed by atoms with Gasteiger partial charge in [-0.3, -0.25) is 13.9 Å². The first-order valence-electron chi connectivity index (χ1n) is 13.0. The third kappa shape index (κ3) is 8.46. The highest BCUT2D eigenvalue weighted by Crippen LogP contribution is 2.26. The van der Waals surface area contributed by atoms with E-state index < -0.39 is 28.5 Å². The molecule has 1 N–H and O–H groups in total. The number of carbonyl (C=O) groups is 2. The van der Waals surface area contributed by atoms with Crippen LogP contribution in [0.5, 0.6) is 0 Å². The number of nitrogens with one attached hydrogen (secondary N) is 1. The lowest BCUT2D eigenvalue weighted by Crippen LogP contribution is -2.53. The zero-order valence-electron chi connectivity index (χ0n) is 23.2. The normalized spacial score (nSPS) is 12.1. The Hall–Kier alpha value is -3.07. The summed E-state index contributed by atoms with van der Waals surface area (Å²) in [5.41, 5.74) is 3.70. The molecule has 3 rings (SSSR count). The summed E-state index contributed by atoms with van der Waals surface area (Å²) in [5.74, 6) is -0.872. The van der Waals surface area contributed by atoms with E-state index in [1.807, 2.05) is 57.2 Å². The fourth-order valence-electron chi connectivity index (χ4n) is 4.25. The van der Waals surface area contributed by atoms with Gasteiger partial charge >= 0.3 is 0 Å². The Morgan fingerprint density at radius 2 is 1.65 bits per heavy atom. The van der Waals surface area contributed by atoms with Gasteiger partial charge in [-0.1, -0.05) is 72.6 Å². The number of hydrogen-bond acceptors (Lipinski definition) is 4. The minimum absolute atomic E-state index is 0.0175. The first kappa shape index (κ1) is 31.5. The summed E-state index contributed by atoms with van der Waals surface area (Å²) in [7, 11) is -3.84. The third-order valence-corrected chi connectivity index (χ3v) is 8.36. The monoisotopic (exact) mass is 603 g/mol. The number of nitrogens with zero attached hydrogens (tertiary/aromatic N) is 2. The standard InChI is InChI=1S/C30H35Cl2N3O4S/c1-5-15-33-30(37)28(17-23-9-7-6-8-10-23)34(19-24-12-13-25(31)18-27(24)32)29(36)20-35(40(4,38)39)26-14-11-21(2)22(3)16-26/h6-14,16,18,28H,5,15,17,19-20H2,1-4H3,(H,33,37)/t28-/m0/s1. The van der Waals surface area contributed by atoms with E-state index in [2.05, 4.69) is 5.32 Å². The lowest BCUT2D eigenvalue weighted by atomic mass is 10.0. The van der Waals surface area contributed by atoms with Gasteiger partial charge in [0.2, 0.25) is 21.8 Å². The first-order valence-corrected chi connectivity index (χ1v) is 15.6. The maximum atomic E-state index is 14.1. The molecule has 0 heterocycles.